The molecule has 0 amide bonds. The van der Waals surface area contributed by atoms with Crippen LogP contribution in [0.4, 0.5) is 11.6 Å². The van der Waals surface area contributed by atoms with E-state index in [1.54, 1.807) is 17.5 Å². The van der Waals surface area contributed by atoms with E-state index in [-0.39, 0.29) is 0 Å². The number of thiazole rings is 1. The highest BCUT2D eigenvalue weighted by molar-refractivity contribution is 7.09. The zero-order valence-corrected chi connectivity index (χ0v) is 15.6. The van der Waals surface area contributed by atoms with Gasteiger partial charge in [-0.3, -0.25) is 9.88 Å². The molecule has 4 rings (SSSR count). The summed E-state index contributed by atoms with van der Waals surface area (Å²) in [5, 5.41) is 3.30. The van der Waals surface area contributed by atoms with Crippen LogP contribution in [0.5, 0.6) is 0 Å². The summed E-state index contributed by atoms with van der Waals surface area (Å²) < 4.78 is 0. The van der Waals surface area contributed by atoms with Gasteiger partial charge >= 0.3 is 0 Å². The maximum absolute atomic E-state index is 4.75. The van der Waals surface area contributed by atoms with Crippen molar-refractivity contribution >= 4 is 23.0 Å². The first-order valence-corrected chi connectivity index (χ1v) is 9.81. The van der Waals surface area contributed by atoms with Gasteiger partial charge < -0.3 is 5.32 Å². The largest absolute Gasteiger partial charge is 0.325 e. The van der Waals surface area contributed by atoms with E-state index >= 15 is 0 Å². The van der Waals surface area contributed by atoms with Crippen LogP contribution in [0.2, 0.25) is 0 Å². The SMILES string of the molecule is Cc1nc(Nc2ccccn2)cc([C@H]2CCCCN2Cc2cncs2)n1. The van der Waals surface area contributed by atoms with Crippen LogP contribution in [0.25, 0.3) is 0 Å². The lowest BCUT2D eigenvalue weighted by atomic mass is 9.99. The van der Waals surface area contributed by atoms with Gasteiger partial charge in [-0.25, -0.2) is 15.0 Å². The van der Waals surface area contributed by atoms with Crippen LogP contribution in [0.3, 0.4) is 0 Å². The second-order valence-electron chi connectivity index (χ2n) is 6.52. The molecule has 7 heteroatoms. The molecule has 1 aliphatic heterocycles. The van der Waals surface area contributed by atoms with Crippen LogP contribution < -0.4 is 5.32 Å². The Balaban J connectivity index is 1.58. The number of anilines is 2. The first-order valence-electron chi connectivity index (χ1n) is 8.93. The molecule has 0 radical (unpaired) electrons. The van der Waals surface area contributed by atoms with Gasteiger partial charge in [-0.15, -0.1) is 11.3 Å². The average molecular weight is 366 g/mol. The second kappa shape index (κ2) is 7.88. The van der Waals surface area contributed by atoms with E-state index in [1.165, 1.54) is 17.7 Å². The second-order valence-corrected chi connectivity index (χ2v) is 7.49. The number of pyridine rings is 1. The maximum Gasteiger partial charge on any atom is 0.135 e. The van der Waals surface area contributed by atoms with Gasteiger partial charge in [0.25, 0.3) is 0 Å². The van der Waals surface area contributed by atoms with Crippen LogP contribution in [0, 0.1) is 6.92 Å². The first-order chi connectivity index (χ1) is 12.8. The third-order valence-corrected chi connectivity index (χ3v) is 5.34. The van der Waals surface area contributed by atoms with Gasteiger partial charge in [-0.05, 0) is 38.4 Å². The monoisotopic (exact) mass is 366 g/mol. The van der Waals surface area contributed by atoms with E-state index in [9.17, 15) is 0 Å². The molecule has 26 heavy (non-hydrogen) atoms. The number of nitrogens with one attached hydrogen (secondary N) is 1. The Morgan fingerprint density at radius 1 is 1.23 bits per heavy atom. The van der Waals surface area contributed by atoms with Crippen molar-refractivity contribution in [2.24, 2.45) is 0 Å². The summed E-state index contributed by atoms with van der Waals surface area (Å²) in [6, 6.07) is 8.19. The lowest BCUT2D eigenvalue weighted by molar-refractivity contribution is 0.138. The minimum absolute atomic E-state index is 0.317. The van der Waals surface area contributed by atoms with Gasteiger partial charge in [0.2, 0.25) is 0 Å². The van der Waals surface area contributed by atoms with E-state index in [0.29, 0.717) is 6.04 Å². The Morgan fingerprint density at radius 3 is 3.00 bits per heavy atom. The standard InChI is InChI=1S/C19H22N6S/c1-14-22-16(10-19(23-14)24-18-7-2-4-8-21-18)17-6-3-5-9-25(17)12-15-11-20-13-26-15/h2,4,7-8,10-11,13,17H,3,5-6,9,12H2,1H3,(H,21,22,23,24)/t17-/m1/s1. The van der Waals surface area contributed by atoms with Crippen molar-refractivity contribution in [3.63, 3.8) is 0 Å². The zero-order chi connectivity index (χ0) is 17.8. The number of aromatic nitrogens is 4. The average Bonchev–Trinajstić information content (AvgIpc) is 3.16. The molecule has 0 spiro atoms. The predicted molar refractivity (Wildman–Crippen MR) is 103 cm³/mol. The van der Waals surface area contributed by atoms with Crippen molar-refractivity contribution in [2.45, 2.75) is 38.8 Å². The smallest absolute Gasteiger partial charge is 0.135 e. The van der Waals surface area contributed by atoms with Crippen LogP contribution in [0.15, 0.2) is 42.2 Å². The molecule has 4 heterocycles. The fourth-order valence-electron chi connectivity index (χ4n) is 3.43. The fourth-order valence-corrected chi connectivity index (χ4v) is 4.05. The minimum Gasteiger partial charge on any atom is -0.325 e. The topological polar surface area (TPSA) is 66.8 Å². The summed E-state index contributed by atoms with van der Waals surface area (Å²) in [5.74, 6) is 2.38. The highest BCUT2D eigenvalue weighted by Crippen LogP contribution is 2.32. The Kier molecular flexibility index (Phi) is 5.17. The lowest BCUT2D eigenvalue weighted by Crippen LogP contribution is -2.33. The zero-order valence-electron chi connectivity index (χ0n) is 14.8. The third kappa shape index (κ3) is 4.05. The molecule has 0 aromatic carbocycles. The van der Waals surface area contributed by atoms with E-state index < -0.39 is 0 Å². The molecule has 1 saturated heterocycles. The quantitative estimate of drug-likeness (QED) is 0.733. The summed E-state index contributed by atoms with van der Waals surface area (Å²) in [7, 11) is 0. The highest BCUT2D eigenvalue weighted by atomic mass is 32.1. The molecule has 3 aromatic rings. The van der Waals surface area contributed by atoms with E-state index in [4.69, 9.17) is 4.98 Å². The van der Waals surface area contributed by atoms with Crippen molar-refractivity contribution in [1.82, 2.24) is 24.8 Å². The molecule has 1 N–H and O–H groups in total. The van der Waals surface area contributed by atoms with Gasteiger partial charge in [-0.1, -0.05) is 12.5 Å². The van der Waals surface area contributed by atoms with E-state index in [1.807, 2.05) is 36.8 Å². The molecule has 1 aliphatic rings. The molecule has 0 aliphatic carbocycles. The number of nitrogens with zero attached hydrogens (tertiary/aromatic N) is 5. The third-order valence-electron chi connectivity index (χ3n) is 4.58. The summed E-state index contributed by atoms with van der Waals surface area (Å²) in [6.45, 7) is 3.97. The number of rotatable bonds is 5. The maximum atomic E-state index is 4.75. The van der Waals surface area contributed by atoms with Crippen molar-refractivity contribution in [2.75, 3.05) is 11.9 Å². The van der Waals surface area contributed by atoms with Crippen LogP contribution in [0.1, 0.15) is 41.7 Å². The summed E-state index contributed by atoms with van der Waals surface area (Å²) in [6.07, 6.45) is 7.33. The molecular formula is C19H22N6S. The van der Waals surface area contributed by atoms with Crippen LogP contribution in [-0.2, 0) is 6.54 Å². The molecule has 0 saturated carbocycles. The van der Waals surface area contributed by atoms with E-state index in [2.05, 4.69) is 31.2 Å². The van der Waals surface area contributed by atoms with Gasteiger partial charge in [0.15, 0.2) is 0 Å². The minimum atomic E-state index is 0.317. The first kappa shape index (κ1) is 17.1. The normalized spacial score (nSPS) is 18.0. The van der Waals surface area contributed by atoms with E-state index in [0.717, 1.165) is 42.7 Å². The van der Waals surface area contributed by atoms with Crippen molar-refractivity contribution in [1.29, 1.82) is 0 Å². The number of hydrogen-bond donors (Lipinski definition) is 1. The molecule has 6 nitrogen and oxygen atoms in total. The molecule has 1 atom stereocenters. The predicted octanol–water partition coefficient (Wildman–Crippen LogP) is 4.11. The summed E-state index contributed by atoms with van der Waals surface area (Å²) in [5.41, 5.74) is 2.98. The molecule has 3 aromatic heterocycles. The number of piperidine rings is 1. The Morgan fingerprint density at radius 2 is 2.19 bits per heavy atom. The van der Waals surface area contributed by atoms with Gasteiger partial charge in [0.1, 0.15) is 17.5 Å². The number of hydrogen-bond acceptors (Lipinski definition) is 7. The van der Waals surface area contributed by atoms with Crippen LogP contribution >= 0.6 is 11.3 Å². The molecule has 134 valence electrons. The van der Waals surface area contributed by atoms with Crippen molar-refractivity contribution in [3.05, 3.63) is 58.6 Å². The molecular weight excluding hydrogens is 344 g/mol. The molecule has 0 unspecified atom stereocenters. The van der Waals surface area contributed by atoms with Gasteiger partial charge in [0, 0.05) is 29.9 Å². The van der Waals surface area contributed by atoms with Crippen molar-refractivity contribution in [3.8, 4) is 0 Å². The lowest BCUT2D eigenvalue weighted by Gasteiger charge is -2.35. The molecule has 1 fully saturated rings. The fraction of sp³-hybridized carbons (Fsp3) is 0.368. The Labute approximate surface area is 157 Å². The summed E-state index contributed by atoms with van der Waals surface area (Å²) in [4.78, 5) is 21.6. The highest BCUT2D eigenvalue weighted by Gasteiger charge is 2.26. The number of likely N-dealkylation sites (tertiary alicyclic amines) is 1. The summed E-state index contributed by atoms with van der Waals surface area (Å²) >= 11 is 1.72. The van der Waals surface area contributed by atoms with Crippen LogP contribution in [-0.4, -0.2) is 31.4 Å². The Bertz CT molecular complexity index is 837. The Hall–Kier alpha value is -2.38. The van der Waals surface area contributed by atoms with Gasteiger partial charge in [-0.2, -0.15) is 0 Å². The number of aryl methyl sites for hydroxylation is 1. The van der Waals surface area contributed by atoms with Crippen molar-refractivity contribution < 1.29 is 0 Å². The molecule has 0 bridgehead atoms. The van der Waals surface area contributed by atoms with Gasteiger partial charge in [0.05, 0.1) is 17.2 Å².